The third kappa shape index (κ3) is 13.5. The summed E-state index contributed by atoms with van der Waals surface area (Å²) in [6, 6.07) is 134. The van der Waals surface area contributed by atoms with Gasteiger partial charge in [-0.15, -0.1) is 0 Å². The van der Waals surface area contributed by atoms with Crippen LogP contribution in [0.25, 0.3) is 111 Å². The Morgan fingerprint density at radius 1 is 0.231 bits per heavy atom. The van der Waals surface area contributed by atoms with E-state index < -0.39 is 10.8 Å². The summed E-state index contributed by atoms with van der Waals surface area (Å²) in [5.74, 6) is 0. The monoisotopic (exact) mass is 1690 g/mol. The average molecular weight is 1690 g/mol. The van der Waals surface area contributed by atoms with Crippen molar-refractivity contribution in [1.82, 2.24) is 9.13 Å². The maximum atomic E-state index is 2.81. The lowest BCUT2D eigenvalue weighted by molar-refractivity contribution is 0.589. The largest absolute Gasteiger partial charge is 0.310 e. The van der Waals surface area contributed by atoms with Gasteiger partial charge in [0.2, 0.25) is 0 Å². The topological polar surface area (TPSA) is 16.3 Å². The van der Waals surface area contributed by atoms with E-state index in [-0.39, 0.29) is 39.2 Å². The molecule has 0 saturated heterocycles. The van der Waals surface area contributed by atoms with Crippen LogP contribution in [0, 0.1) is 0 Å². The molecule has 2 aliphatic heterocycles. The Balaban J connectivity index is 0.946. The lowest BCUT2D eigenvalue weighted by Crippen LogP contribution is -2.61. The molecule has 4 nitrogen and oxygen atoms in total. The number of aromatic nitrogens is 2. The van der Waals surface area contributed by atoms with E-state index in [0.717, 1.165) is 78.8 Å². The van der Waals surface area contributed by atoms with E-state index in [1.165, 1.54) is 144 Å². The Morgan fingerprint density at radius 3 is 0.915 bits per heavy atom. The van der Waals surface area contributed by atoms with E-state index in [1.54, 1.807) is 0 Å². The molecule has 642 valence electrons. The van der Waals surface area contributed by atoms with Gasteiger partial charge in [0, 0.05) is 77.9 Å². The third-order valence-corrected chi connectivity index (χ3v) is 28.9. The van der Waals surface area contributed by atoms with E-state index in [4.69, 9.17) is 0 Å². The molecule has 0 radical (unpaired) electrons. The fraction of sp³-hybridized carbons (Fsp3) is 0.232. The minimum Gasteiger partial charge on any atom is -0.310 e. The van der Waals surface area contributed by atoms with E-state index in [1.807, 2.05) is 0 Å². The number of benzene rings is 16. The summed E-state index contributed by atoms with van der Waals surface area (Å²) in [6.07, 6.45) is 0. The molecular formula is C125H119BN4. The lowest BCUT2D eigenvalue weighted by Gasteiger charge is -2.47. The van der Waals surface area contributed by atoms with Crippen LogP contribution in [0.5, 0.6) is 0 Å². The van der Waals surface area contributed by atoms with Crippen molar-refractivity contribution in [2.24, 2.45) is 0 Å². The van der Waals surface area contributed by atoms with E-state index in [0.29, 0.717) is 0 Å². The van der Waals surface area contributed by atoms with E-state index in [2.05, 4.69) is 504 Å². The molecule has 0 spiro atoms. The zero-order chi connectivity index (χ0) is 90.6. The van der Waals surface area contributed by atoms with Crippen LogP contribution in [0.4, 0.5) is 34.1 Å². The molecule has 0 bridgehead atoms. The Hall–Kier alpha value is -13.2. The van der Waals surface area contributed by atoms with Gasteiger partial charge in [-0.2, -0.15) is 0 Å². The van der Waals surface area contributed by atoms with Crippen molar-refractivity contribution < 1.29 is 0 Å². The summed E-state index contributed by atoms with van der Waals surface area (Å²) >= 11 is 0. The first kappa shape index (κ1) is 83.7. The molecule has 4 heterocycles. The molecule has 0 unspecified atom stereocenters. The molecule has 0 amide bonds. The van der Waals surface area contributed by atoms with Crippen LogP contribution in [0.2, 0.25) is 0 Å². The van der Waals surface area contributed by atoms with Gasteiger partial charge in [-0.25, -0.2) is 0 Å². The molecule has 0 fully saturated rings. The first-order chi connectivity index (χ1) is 61.9. The van der Waals surface area contributed by atoms with Crippen molar-refractivity contribution in [2.45, 2.75) is 189 Å². The Morgan fingerprint density at radius 2 is 0.546 bits per heavy atom. The fourth-order valence-corrected chi connectivity index (χ4v) is 21.7. The second-order valence-electron chi connectivity index (χ2n) is 44.5. The predicted molar refractivity (Wildman–Crippen MR) is 559 cm³/mol. The highest BCUT2D eigenvalue weighted by molar-refractivity contribution is 7.00. The van der Waals surface area contributed by atoms with Crippen LogP contribution in [0.15, 0.2) is 340 Å². The quantitative estimate of drug-likeness (QED) is 0.127. The second kappa shape index (κ2) is 29.9. The minimum atomic E-state index is -0.669. The van der Waals surface area contributed by atoms with Crippen molar-refractivity contribution in [2.75, 3.05) is 9.80 Å². The van der Waals surface area contributed by atoms with Gasteiger partial charge < -0.3 is 18.9 Å². The van der Waals surface area contributed by atoms with Gasteiger partial charge in [0.25, 0.3) is 6.71 Å². The summed E-state index contributed by atoms with van der Waals surface area (Å²) in [5, 5.41) is 4.91. The smallest absolute Gasteiger partial charge is 0.252 e. The maximum Gasteiger partial charge on any atom is 0.252 e. The molecule has 1 aliphatic carbocycles. The van der Waals surface area contributed by atoms with Crippen LogP contribution in [-0.2, 0) is 43.3 Å². The molecule has 2 aromatic heterocycles. The standard InChI is InChI=1S/C125H119BN4/c1-118(2,3)82-56-48-78(49-57-82)98-70-88(122(13,14)15)71-99(79-50-58-83(59-51-79)119(4,5)6)116(98)129-109-76-91(127-105-45-33-29-41-94(105)95-42-30-34-46-106(95)127)64-67-103(109)126-104-68-65-92(128-107-47-35-31-43-97(107)113-108(128)69-66-96-93-40-28-32-44-102(93)125(114(96)113,86-36-24-22-25-37-86)87-38-26-23-27-39-87)77-110(104)130(112-75-90(124(19,20)21)74-111(129)115(112)126)117-100(80-52-60-84(61-53-80)120(7,8)9)72-89(123(16,17)18)73-101(117)81-54-62-85(63-55-81)121(10,11)12/h22-77H,1-21H3. The fourth-order valence-electron chi connectivity index (χ4n) is 21.7. The maximum absolute atomic E-state index is 2.81. The number of rotatable bonds is 10. The zero-order valence-corrected chi connectivity index (χ0v) is 79.7. The van der Waals surface area contributed by atoms with E-state index >= 15 is 0 Å². The van der Waals surface area contributed by atoms with Gasteiger partial charge in [-0.05, 0) is 234 Å². The van der Waals surface area contributed by atoms with Crippen LogP contribution in [-0.4, -0.2) is 15.8 Å². The normalized spacial score (nSPS) is 13.9. The lowest BCUT2D eigenvalue weighted by atomic mass is 9.33. The Bertz CT molecular complexity index is 7320. The van der Waals surface area contributed by atoms with Crippen molar-refractivity contribution in [3.8, 4) is 67.0 Å². The van der Waals surface area contributed by atoms with Crippen LogP contribution in [0.3, 0.4) is 0 Å². The number of hydrogen-bond donors (Lipinski definition) is 0. The SMILES string of the molecule is CC(C)(C)c1ccc(-c2cc(C(C)(C)C)cc(-c3ccc(C(C)(C)C)cc3)c2N2c3cc(-n4c5ccccc5c5ccccc54)ccc3B3c4ccc(-n5c6ccccc6c6c7c(ccc65)-c5ccccc5C7(c5ccccc5)c5ccccc5)cc4N(c4c(-c5ccc(C(C)(C)C)cc5)cc(C(C)(C)C)cc4-c4ccc(C(C)(C)C)cc4)c4cc(C(C)(C)C)cc2c43)cc1. The molecular weight excluding hydrogens is 1570 g/mol. The molecule has 16 aromatic carbocycles. The van der Waals surface area contributed by atoms with Gasteiger partial charge in [-0.3, -0.25) is 0 Å². The number of anilines is 6. The number of hydrogen-bond acceptors (Lipinski definition) is 2. The predicted octanol–water partition coefficient (Wildman–Crippen LogP) is 32.1. The summed E-state index contributed by atoms with van der Waals surface area (Å²) in [7, 11) is 0. The first-order valence-electron chi connectivity index (χ1n) is 47.1. The van der Waals surface area contributed by atoms with Crippen LogP contribution in [0.1, 0.15) is 207 Å². The highest BCUT2D eigenvalue weighted by atomic mass is 15.2. The third-order valence-electron chi connectivity index (χ3n) is 28.9. The van der Waals surface area contributed by atoms with Gasteiger partial charge in [0.1, 0.15) is 0 Å². The van der Waals surface area contributed by atoms with Gasteiger partial charge in [0.15, 0.2) is 0 Å². The van der Waals surface area contributed by atoms with Crippen LogP contribution >= 0.6 is 0 Å². The van der Waals surface area contributed by atoms with Gasteiger partial charge >= 0.3 is 0 Å². The molecule has 130 heavy (non-hydrogen) atoms. The number of nitrogens with zero attached hydrogens (tertiary/aromatic N) is 4. The van der Waals surface area contributed by atoms with Crippen molar-refractivity contribution in [3.05, 3.63) is 401 Å². The zero-order valence-electron chi connectivity index (χ0n) is 79.7. The van der Waals surface area contributed by atoms with Crippen LogP contribution < -0.4 is 26.2 Å². The first-order valence-corrected chi connectivity index (χ1v) is 47.1. The molecule has 0 N–H and O–H groups in total. The van der Waals surface area contributed by atoms with Gasteiger partial charge in [0.05, 0.1) is 38.9 Å². The number of fused-ring (bicyclic) bond motifs is 14. The highest BCUT2D eigenvalue weighted by Crippen LogP contribution is 2.61. The van der Waals surface area contributed by atoms with Crippen molar-refractivity contribution in [3.63, 3.8) is 0 Å². The minimum absolute atomic E-state index is 0.0819. The molecule has 0 saturated carbocycles. The second-order valence-corrected chi connectivity index (χ2v) is 44.5. The summed E-state index contributed by atoms with van der Waals surface area (Å²) in [5.41, 5.74) is 41.3. The molecule has 3 aliphatic rings. The van der Waals surface area contributed by atoms with Crippen molar-refractivity contribution in [1.29, 1.82) is 0 Å². The Labute approximate surface area is 771 Å². The van der Waals surface area contributed by atoms with E-state index in [9.17, 15) is 0 Å². The Kier molecular flexibility index (Phi) is 19.3. The summed E-state index contributed by atoms with van der Waals surface area (Å²) in [6.45, 7) is 49.4. The molecule has 0 atom stereocenters. The average Bonchev–Trinajstić information content (AvgIpc) is 1.52. The molecule has 5 heteroatoms. The summed E-state index contributed by atoms with van der Waals surface area (Å²) in [4.78, 5) is 5.60. The van der Waals surface area contributed by atoms with Crippen molar-refractivity contribution >= 4 is 101 Å². The highest BCUT2D eigenvalue weighted by Gasteiger charge is 2.50. The number of para-hydroxylation sites is 3. The molecule has 18 aromatic rings. The molecule has 21 rings (SSSR count). The van der Waals surface area contributed by atoms with Gasteiger partial charge in [-0.1, -0.05) is 400 Å². The summed E-state index contributed by atoms with van der Waals surface area (Å²) < 4.78 is 5.16.